The summed E-state index contributed by atoms with van der Waals surface area (Å²) in [5.41, 5.74) is 1.93. The Morgan fingerprint density at radius 1 is 1.04 bits per heavy atom. The molecule has 0 aromatic heterocycles. The Hall–Kier alpha value is -2.33. The first kappa shape index (κ1) is 17.0. The molecule has 2 rings (SSSR count). The van der Waals surface area contributed by atoms with Gasteiger partial charge in [-0.05, 0) is 49.7 Å². The highest BCUT2D eigenvalue weighted by atomic mass is 35.5. The fraction of sp³-hybridized carbons (Fsp3) is 0.167. The van der Waals surface area contributed by atoms with Crippen LogP contribution in [0.25, 0.3) is 0 Å². The van der Waals surface area contributed by atoms with Crippen molar-refractivity contribution >= 4 is 28.8 Å². The molecule has 0 radical (unpaired) electrons. The third-order valence-corrected chi connectivity index (χ3v) is 3.46. The summed E-state index contributed by atoms with van der Waals surface area (Å²) >= 11 is 5.79. The van der Waals surface area contributed by atoms with E-state index in [1.807, 2.05) is 0 Å². The van der Waals surface area contributed by atoms with Crippen LogP contribution < -0.4 is 0 Å². The van der Waals surface area contributed by atoms with Crippen molar-refractivity contribution in [2.45, 2.75) is 20.3 Å². The van der Waals surface area contributed by atoms with Gasteiger partial charge in [-0.25, -0.2) is 4.39 Å². The fourth-order valence-electron chi connectivity index (χ4n) is 1.97. The molecule has 118 valence electrons. The smallest absolute Gasteiger partial charge is 0.208 e. The molecule has 0 aliphatic rings. The van der Waals surface area contributed by atoms with Crippen LogP contribution in [0.2, 0.25) is 5.02 Å². The van der Waals surface area contributed by atoms with Gasteiger partial charge in [0.05, 0.1) is 0 Å². The van der Waals surface area contributed by atoms with Crippen molar-refractivity contribution in [1.29, 1.82) is 0 Å². The van der Waals surface area contributed by atoms with Crippen molar-refractivity contribution in [3.8, 4) is 0 Å². The molecule has 3 nitrogen and oxygen atoms in total. The van der Waals surface area contributed by atoms with Gasteiger partial charge in [0.25, 0.3) is 0 Å². The number of benzene rings is 2. The molecule has 0 aliphatic carbocycles. The zero-order chi connectivity index (χ0) is 16.8. The Kier molecular flexibility index (Phi) is 5.77. The summed E-state index contributed by atoms with van der Waals surface area (Å²) in [5.74, 6) is -0.496. The van der Waals surface area contributed by atoms with E-state index in [-0.39, 0.29) is 17.3 Å². The topological polar surface area (TPSA) is 41.8 Å². The molecular formula is C18H16ClFN2O. The second kappa shape index (κ2) is 7.79. The van der Waals surface area contributed by atoms with Crippen LogP contribution in [0.15, 0.2) is 58.7 Å². The standard InChI is InChI=1S/C18H16ClFN2O/c1-12(11-15-5-3-4-6-17(15)20)21-22-13(2)18(23)14-7-9-16(19)10-8-14/h3-10H,11H2,1-2H3/b21-12-,22-13-. The second-order valence-electron chi connectivity index (χ2n) is 5.12. The number of hydrogen-bond acceptors (Lipinski definition) is 3. The lowest BCUT2D eigenvalue weighted by Gasteiger charge is -2.02. The quantitative estimate of drug-likeness (QED) is 0.443. The summed E-state index contributed by atoms with van der Waals surface area (Å²) in [5, 5.41) is 8.53. The summed E-state index contributed by atoms with van der Waals surface area (Å²) in [6.45, 7) is 3.34. The average Bonchev–Trinajstić information content (AvgIpc) is 2.55. The van der Waals surface area contributed by atoms with E-state index in [4.69, 9.17) is 11.6 Å². The molecular weight excluding hydrogens is 315 g/mol. The molecule has 5 heteroatoms. The van der Waals surface area contributed by atoms with Gasteiger partial charge in [-0.1, -0.05) is 29.8 Å². The molecule has 0 N–H and O–H groups in total. The number of halogens is 2. The Balaban J connectivity index is 2.09. The summed E-state index contributed by atoms with van der Waals surface area (Å²) < 4.78 is 13.6. The van der Waals surface area contributed by atoms with E-state index >= 15 is 0 Å². The fourth-order valence-corrected chi connectivity index (χ4v) is 2.09. The normalized spacial score (nSPS) is 12.3. The Labute approximate surface area is 139 Å². The van der Waals surface area contributed by atoms with E-state index in [1.165, 1.54) is 6.07 Å². The molecule has 2 aromatic carbocycles. The zero-order valence-electron chi connectivity index (χ0n) is 12.9. The summed E-state index contributed by atoms with van der Waals surface area (Å²) in [7, 11) is 0. The van der Waals surface area contributed by atoms with Crippen LogP contribution in [0.5, 0.6) is 0 Å². The number of nitrogens with zero attached hydrogens (tertiary/aromatic N) is 2. The first-order valence-electron chi connectivity index (χ1n) is 7.09. The van der Waals surface area contributed by atoms with Gasteiger partial charge < -0.3 is 0 Å². The van der Waals surface area contributed by atoms with E-state index in [2.05, 4.69) is 10.2 Å². The third-order valence-electron chi connectivity index (χ3n) is 3.21. The number of Topliss-reactive ketones (excluding diaryl/α,β-unsaturated/α-hetero) is 1. The van der Waals surface area contributed by atoms with Gasteiger partial charge in [0.2, 0.25) is 5.78 Å². The third kappa shape index (κ3) is 4.83. The van der Waals surface area contributed by atoms with E-state index < -0.39 is 0 Å². The number of ketones is 1. The van der Waals surface area contributed by atoms with Crippen LogP contribution in [0, 0.1) is 5.82 Å². The minimum Gasteiger partial charge on any atom is -0.287 e. The lowest BCUT2D eigenvalue weighted by atomic mass is 10.1. The predicted molar refractivity (Wildman–Crippen MR) is 92.1 cm³/mol. The van der Waals surface area contributed by atoms with Gasteiger partial charge in [0.1, 0.15) is 11.5 Å². The maximum absolute atomic E-state index is 13.6. The van der Waals surface area contributed by atoms with Crippen molar-refractivity contribution in [3.63, 3.8) is 0 Å². The van der Waals surface area contributed by atoms with Crippen LogP contribution in [0.1, 0.15) is 29.8 Å². The van der Waals surface area contributed by atoms with Crippen molar-refractivity contribution in [2.75, 3.05) is 0 Å². The zero-order valence-corrected chi connectivity index (χ0v) is 13.6. The molecule has 0 heterocycles. The molecule has 0 saturated carbocycles. The molecule has 0 aliphatic heterocycles. The van der Waals surface area contributed by atoms with E-state index in [9.17, 15) is 9.18 Å². The van der Waals surface area contributed by atoms with Crippen LogP contribution >= 0.6 is 11.6 Å². The maximum Gasteiger partial charge on any atom is 0.208 e. The second-order valence-corrected chi connectivity index (χ2v) is 5.56. The largest absolute Gasteiger partial charge is 0.287 e. The number of rotatable bonds is 5. The summed E-state index contributed by atoms with van der Waals surface area (Å²) in [6.07, 6.45) is 0.346. The lowest BCUT2D eigenvalue weighted by Crippen LogP contribution is -2.10. The minimum atomic E-state index is -0.278. The maximum atomic E-state index is 13.6. The molecule has 0 amide bonds. The number of hydrogen-bond donors (Lipinski definition) is 0. The van der Waals surface area contributed by atoms with Gasteiger partial charge in [0, 0.05) is 22.7 Å². The number of carbonyl (C=O) groups excluding carboxylic acids is 1. The average molecular weight is 331 g/mol. The van der Waals surface area contributed by atoms with Gasteiger partial charge in [-0.15, -0.1) is 0 Å². The first-order valence-corrected chi connectivity index (χ1v) is 7.46. The summed E-state index contributed by atoms with van der Waals surface area (Å²) in [4.78, 5) is 12.2. The minimum absolute atomic E-state index is 0.218. The van der Waals surface area contributed by atoms with Gasteiger partial charge in [-0.2, -0.15) is 10.2 Å². The summed E-state index contributed by atoms with van der Waals surface area (Å²) in [6, 6.07) is 13.1. The van der Waals surface area contributed by atoms with Crippen LogP contribution in [-0.4, -0.2) is 17.2 Å². The Morgan fingerprint density at radius 2 is 1.70 bits per heavy atom. The van der Waals surface area contributed by atoms with Crippen molar-refractivity contribution < 1.29 is 9.18 Å². The molecule has 0 bridgehead atoms. The Morgan fingerprint density at radius 3 is 2.35 bits per heavy atom. The van der Waals surface area contributed by atoms with Crippen molar-refractivity contribution in [3.05, 3.63) is 70.5 Å². The van der Waals surface area contributed by atoms with E-state index in [0.29, 0.717) is 28.3 Å². The molecule has 0 spiro atoms. The van der Waals surface area contributed by atoms with Gasteiger partial charge in [-0.3, -0.25) is 4.79 Å². The Bertz CT molecular complexity index is 767. The molecule has 0 saturated heterocycles. The predicted octanol–water partition coefficient (Wildman–Crippen LogP) is 4.74. The van der Waals surface area contributed by atoms with Gasteiger partial charge >= 0.3 is 0 Å². The molecule has 0 unspecified atom stereocenters. The SMILES string of the molecule is C/C(Cc1ccccc1F)=N/N=C(/C)C(=O)c1ccc(Cl)cc1. The molecule has 0 atom stereocenters. The number of carbonyl (C=O) groups is 1. The molecule has 23 heavy (non-hydrogen) atoms. The molecule has 0 fully saturated rings. The van der Waals surface area contributed by atoms with Crippen LogP contribution in [0.4, 0.5) is 4.39 Å². The van der Waals surface area contributed by atoms with Crippen LogP contribution in [0.3, 0.4) is 0 Å². The molecule has 2 aromatic rings. The lowest BCUT2D eigenvalue weighted by molar-refractivity contribution is 0.106. The first-order chi connectivity index (χ1) is 11.0. The van der Waals surface area contributed by atoms with Crippen molar-refractivity contribution in [2.24, 2.45) is 10.2 Å². The highest BCUT2D eigenvalue weighted by molar-refractivity contribution is 6.45. The monoisotopic (exact) mass is 330 g/mol. The van der Waals surface area contributed by atoms with Gasteiger partial charge in [0.15, 0.2) is 0 Å². The van der Waals surface area contributed by atoms with E-state index in [1.54, 1.807) is 56.3 Å². The highest BCUT2D eigenvalue weighted by Crippen LogP contribution is 2.11. The van der Waals surface area contributed by atoms with Crippen molar-refractivity contribution in [1.82, 2.24) is 0 Å². The van der Waals surface area contributed by atoms with Crippen LogP contribution in [-0.2, 0) is 6.42 Å². The highest BCUT2D eigenvalue weighted by Gasteiger charge is 2.09. The van der Waals surface area contributed by atoms with E-state index in [0.717, 1.165) is 0 Å².